The van der Waals surface area contributed by atoms with Crippen molar-refractivity contribution in [3.05, 3.63) is 18.0 Å². The van der Waals surface area contributed by atoms with Crippen LogP contribution in [0, 0.1) is 5.92 Å². The molecule has 3 heteroatoms. The predicted octanol–water partition coefficient (Wildman–Crippen LogP) is 3.04. The van der Waals surface area contributed by atoms with Gasteiger partial charge in [0.15, 0.2) is 0 Å². The predicted molar refractivity (Wildman–Crippen MR) is 70.8 cm³/mol. The van der Waals surface area contributed by atoms with Gasteiger partial charge < -0.3 is 5.32 Å². The van der Waals surface area contributed by atoms with E-state index >= 15 is 0 Å². The van der Waals surface area contributed by atoms with Crippen molar-refractivity contribution in [2.24, 2.45) is 13.0 Å². The Kier molecular flexibility index (Phi) is 4.60. The molecule has 1 atom stereocenters. The Morgan fingerprint density at radius 3 is 2.76 bits per heavy atom. The summed E-state index contributed by atoms with van der Waals surface area (Å²) >= 11 is 0. The molecular weight excluding hydrogens is 210 g/mol. The van der Waals surface area contributed by atoms with Gasteiger partial charge in [-0.2, -0.15) is 5.10 Å². The van der Waals surface area contributed by atoms with E-state index in [4.69, 9.17) is 0 Å². The van der Waals surface area contributed by atoms with Crippen LogP contribution < -0.4 is 5.32 Å². The topological polar surface area (TPSA) is 29.9 Å². The van der Waals surface area contributed by atoms with Crippen LogP contribution in [0.5, 0.6) is 0 Å². The van der Waals surface area contributed by atoms with Crippen molar-refractivity contribution in [3.8, 4) is 0 Å². The molecule has 96 valence electrons. The lowest BCUT2D eigenvalue weighted by Gasteiger charge is -2.31. The highest BCUT2D eigenvalue weighted by Gasteiger charge is 2.26. The minimum absolute atomic E-state index is 0.503. The Balaban J connectivity index is 2.09. The fourth-order valence-electron chi connectivity index (χ4n) is 2.97. The van der Waals surface area contributed by atoms with Gasteiger partial charge in [0.25, 0.3) is 0 Å². The molecule has 0 aromatic carbocycles. The van der Waals surface area contributed by atoms with Gasteiger partial charge in [-0.15, -0.1) is 0 Å². The SMILES string of the molecule is CCCNC(c1ccnn1C)C1CCCCC1. The average Bonchev–Trinajstić information content (AvgIpc) is 2.78. The van der Waals surface area contributed by atoms with Crippen LogP contribution in [0.4, 0.5) is 0 Å². The third-order valence-electron chi connectivity index (χ3n) is 3.91. The zero-order valence-corrected chi connectivity index (χ0v) is 11.2. The average molecular weight is 235 g/mol. The molecule has 1 aliphatic carbocycles. The summed E-state index contributed by atoms with van der Waals surface area (Å²) in [6.07, 6.45) is 10.1. The first kappa shape index (κ1) is 12.6. The molecule has 1 aliphatic rings. The summed E-state index contributed by atoms with van der Waals surface area (Å²) in [5.41, 5.74) is 1.35. The first-order chi connectivity index (χ1) is 8.33. The van der Waals surface area contributed by atoms with Crippen molar-refractivity contribution in [2.45, 2.75) is 51.5 Å². The number of hydrogen-bond donors (Lipinski definition) is 1. The number of hydrogen-bond acceptors (Lipinski definition) is 2. The lowest BCUT2D eigenvalue weighted by atomic mass is 9.82. The number of aromatic nitrogens is 2. The van der Waals surface area contributed by atoms with Crippen LogP contribution in [-0.4, -0.2) is 16.3 Å². The van der Waals surface area contributed by atoms with E-state index in [1.807, 2.05) is 10.9 Å². The van der Waals surface area contributed by atoms with E-state index in [2.05, 4.69) is 30.5 Å². The van der Waals surface area contributed by atoms with Crippen LogP contribution in [0.2, 0.25) is 0 Å². The zero-order valence-electron chi connectivity index (χ0n) is 11.2. The maximum Gasteiger partial charge on any atom is 0.0553 e. The molecule has 1 N–H and O–H groups in total. The second kappa shape index (κ2) is 6.20. The lowest BCUT2D eigenvalue weighted by Crippen LogP contribution is -2.31. The van der Waals surface area contributed by atoms with Crippen molar-refractivity contribution >= 4 is 0 Å². The molecule has 0 aliphatic heterocycles. The molecule has 1 heterocycles. The molecule has 17 heavy (non-hydrogen) atoms. The quantitative estimate of drug-likeness (QED) is 0.850. The highest BCUT2D eigenvalue weighted by Crippen LogP contribution is 2.34. The summed E-state index contributed by atoms with van der Waals surface area (Å²) in [6, 6.07) is 2.67. The van der Waals surface area contributed by atoms with Gasteiger partial charge in [0.1, 0.15) is 0 Å². The van der Waals surface area contributed by atoms with E-state index in [0.717, 1.165) is 12.5 Å². The molecule has 1 saturated carbocycles. The third kappa shape index (κ3) is 3.09. The minimum Gasteiger partial charge on any atom is -0.308 e. The summed E-state index contributed by atoms with van der Waals surface area (Å²) in [4.78, 5) is 0. The van der Waals surface area contributed by atoms with Gasteiger partial charge in [0.2, 0.25) is 0 Å². The zero-order chi connectivity index (χ0) is 12.1. The molecular formula is C14H25N3. The van der Waals surface area contributed by atoms with Crippen LogP contribution in [0.1, 0.15) is 57.2 Å². The van der Waals surface area contributed by atoms with Gasteiger partial charge in [0, 0.05) is 13.2 Å². The second-order valence-corrected chi connectivity index (χ2v) is 5.21. The Labute approximate surface area is 105 Å². The molecule has 1 unspecified atom stereocenters. The van der Waals surface area contributed by atoms with Crippen LogP contribution in [0.25, 0.3) is 0 Å². The number of aryl methyl sites for hydroxylation is 1. The highest BCUT2D eigenvalue weighted by atomic mass is 15.3. The summed E-state index contributed by atoms with van der Waals surface area (Å²) in [5.74, 6) is 0.797. The van der Waals surface area contributed by atoms with Crippen LogP contribution in [0.3, 0.4) is 0 Å². The Morgan fingerprint density at radius 1 is 1.41 bits per heavy atom. The van der Waals surface area contributed by atoms with Crippen molar-refractivity contribution in [1.82, 2.24) is 15.1 Å². The molecule has 3 nitrogen and oxygen atoms in total. The largest absolute Gasteiger partial charge is 0.308 e. The maximum atomic E-state index is 4.32. The Morgan fingerprint density at radius 2 is 2.18 bits per heavy atom. The molecule has 0 amide bonds. The molecule has 2 rings (SSSR count). The van der Waals surface area contributed by atoms with E-state index < -0.39 is 0 Å². The monoisotopic (exact) mass is 235 g/mol. The lowest BCUT2D eigenvalue weighted by molar-refractivity contribution is 0.263. The van der Waals surface area contributed by atoms with E-state index in [9.17, 15) is 0 Å². The highest BCUT2D eigenvalue weighted by molar-refractivity contribution is 5.08. The summed E-state index contributed by atoms with van der Waals surface area (Å²) in [5, 5.41) is 8.04. The van der Waals surface area contributed by atoms with E-state index in [1.54, 1.807) is 0 Å². The fraction of sp³-hybridized carbons (Fsp3) is 0.786. The van der Waals surface area contributed by atoms with Gasteiger partial charge in [0.05, 0.1) is 11.7 Å². The Bertz CT molecular complexity index is 326. The second-order valence-electron chi connectivity index (χ2n) is 5.21. The van der Waals surface area contributed by atoms with Gasteiger partial charge in [-0.25, -0.2) is 0 Å². The molecule has 1 aromatic rings. The molecule has 1 aromatic heterocycles. The van der Waals surface area contributed by atoms with Gasteiger partial charge in [-0.1, -0.05) is 26.2 Å². The van der Waals surface area contributed by atoms with E-state index in [-0.39, 0.29) is 0 Å². The van der Waals surface area contributed by atoms with Crippen molar-refractivity contribution in [3.63, 3.8) is 0 Å². The van der Waals surface area contributed by atoms with Crippen molar-refractivity contribution < 1.29 is 0 Å². The minimum atomic E-state index is 0.503. The fourth-order valence-corrected chi connectivity index (χ4v) is 2.97. The first-order valence-electron chi connectivity index (χ1n) is 7.04. The standard InChI is InChI=1S/C14H25N3/c1-3-10-15-14(12-7-5-4-6-8-12)13-9-11-16-17(13)2/h9,11-12,14-15H,3-8,10H2,1-2H3. The molecule has 0 bridgehead atoms. The number of nitrogens with one attached hydrogen (secondary N) is 1. The summed E-state index contributed by atoms with van der Waals surface area (Å²) < 4.78 is 2.03. The summed E-state index contributed by atoms with van der Waals surface area (Å²) in [7, 11) is 2.05. The van der Waals surface area contributed by atoms with Crippen molar-refractivity contribution in [1.29, 1.82) is 0 Å². The van der Waals surface area contributed by atoms with Gasteiger partial charge in [-0.05, 0) is 37.8 Å². The van der Waals surface area contributed by atoms with E-state index in [1.165, 1.54) is 44.2 Å². The molecule has 0 radical (unpaired) electrons. The third-order valence-corrected chi connectivity index (χ3v) is 3.91. The Hall–Kier alpha value is -0.830. The van der Waals surface area contributed by atoms with Gasteiger partial charge >= 0.3 is 0 Å². The smallest absolute Gasteiger partial charge is 0.0553 e. The normalized spacial score (nSPS) is 19.4. The van der Waals surface area contributed by atoms with E-state index in [0.29, 0.717) is 6.04 Å². The van der Waals surface area contributed by atoms with Crippen LogP contribution in [-0.2, 0) is 7.05 Å². The molecule has 0 saturated heterocycles. The van der Waals surface area contributed by atoms with Gasteiger partial charge in [-0.3, -0.25) is 4.68 Å². The van der Waals surface area contributed by atoms with Crippen molar-refractivity contribution in [2.75, 3.05) is 6.54 Å². The first-order valence-corrected chi connectivity index (χ1v) is 7.04. The van der Waals surface area contributed by atoms with Crippen LogP contribution >= 0.6 is 0 Å². The summed E-state index contributed by atoms with van der Waals surface area (Å²) in [6.45, 7) is 3.33. The molecule has 1 fully saturated rings. The maximum absolute atomic E-state index is 4.32. The van der Waals surface area contributed by atoms with Crippen LogP contribution in [0.15, 0.2) is 12.3 Å². The number of nitrogens with zero attached hydrogens (tertiary/aromatic N) is 2. The molecule has 0 spiro atoms. The number of rotatable bonds is 5.